The third kappa shape index (κ3) is 3.83. The number of rotatable bonds is 5. The van der Waals surface area contributed by atoms with Crippen LogP contribution in [0.3, 0.4) is 0 Å². The highest BCUT2D eigenvalue weighted by atomic mass is 32.2. The van der Waals surface area contributed by atoms with Crippen molar-refractivity contribution in [3.63, 3.8) is 0 Å². The fourth-order valence-corrected chi connectivity index (χ4v) is 6.66. The SMILES string of the molecule is Cc1nn([C@@H]2CCS(=O)(=O)C2)c(C)c1CN(C)C(=O)CN1C(=O)NC2(CCCC2)C1=O. The summed E-state index contributed by atoms with van der Waals surface area (Å²) in [5.41, 5.74) is 1.59. The van der Waals surface area contributed by atoms with Gasteiger partial charge in [0.1, 0.15) is 12.1 Å². The second-order valence-electron chi connectivity index (χ2n) is 9.01. The number of imide groups is 1. The molecule has 2 saturated heterocycles. The first-order valence-corrected chi connectivity index (χ1v) is 12.5. The molecule has 2 aliphatic heterocycles. The van der Waals surface area contributed by atoms with Crippen LogP contribution < -0.4 is 5.32 Å². The summed E-state index contributed by atoms with van der Waals surface area (Å²) in [6.07, 6.45) is 3.54. The van der Waals surface area contributed by atoms with E-state index >= 15 is 0 Å². The normalized spacial score (nSPS) is 24.2. The van der Waals surface area contributed by atoms with Gasteiger partial charge < -0.3 is 10.2 Å². The van der Waals surface area contributed by atoms with Crippen LogP contribution in [0.25, 0.3) is 0 Å². The standard InChI is InChI=1S/C20H29N5O5S/c1-13-16(14(2)25(22-13)15-6-9-31(29,30)12-15)10-23(3)17(26)11-24-18(27)20(21-19(24)28)7-4-5-8-20/h15H,4-12H2,1-3H3,(H,21,28)/t15-/m1/s1. The lowest BCUT2D eigenvalue weighted by atomic mass is 9.98. The van der Waals surface area contributed by atoms with Crippen LogP contribution in [0, 0.1) is 13.8 Å². The Morgan fingerprint density at radius 3 is 2.55 bits per heavy atom. The van der Waals surface area contributed by atoms with Crippen LogP contribution >= 0.6 is 0 Å². The van der Waals surface area contributed by atoms with Gasteiger partial charge in [-0.05, 0) is 33.1 Å². The first-order chi connectivity index (χ1) is 14.5. The Balaban J connectivity index is 1.44. The van der Waals surface area contributed by atoms with Crippen molar-refractivity contribution < 1.29 is 22.8 Å². The molecule has 10 nitrogen and oxygen atoms in total. The minimum atomic E-state index is -3.03. The third-order valence-corrected chi connectivity index (χ3v) is 8.60. The molecule has 0 unspecified atom stereocenters. The van der Waals surface area contributed by atoms with E-state index in [-0.39, 0.29) is 42.5 Å². The molecule has 170 valence electrons. The predicted molar refractivity (Wildman–Crippen MR) is 112 cm³/mol. The minimum Gasteiger partial charge on any atom is -0.340 e. The Kier molecular flexibility index (Phi) is 5.35. The molecule has 1 aromatic rings. The van der Waals surface area contributed by atoms with Gasteiger partial charge in [-0.1, -0.05) is 12.8 Å². The monoisotopic (exact) mass is 451 g/mol. The van der Waals surface area contributed by atoms with Crippen LogP contribution in [0.15, 0.2) is 0 Å². The number of hydrogen-bond donors (Lipinski definition) is 1. The van der Waals surface area contributed by atoms with Crippen molar-refractivity contribution in [3.8, 4) is 0 Å². The molecule has 3 fully saturated rings. The Morgan fingerprint density at radius 1 is 1.26 bits per heavy atom. The Bertz CT molecular complexity index is 1040. The van der Waals surface area contributed by atoms with Crippen LogP contribution in [-0.2, 0) is 26.0 Å². The van der Waals surface area contributed by atoms with E-state index in [0.717, 1.165) is 34.7 Å². The van der Waals surface area contributed by atoms with Crippen molar-refractivity contribution in [1.82, 2.24) is 24.9 Å². The summed E-state index contributed by atoms with van der Waals surface area (Å²) in [5.74, 6) is -0.401. The van der Waals surface area contributed by atoms with Crippen LogP contribution in [0.2, 0.25) is 0 Å². The van der Waals surface area contributed by atoms with Gasteiger partial charge in [0.15, 0.2) is 9.84 Å². The quantitative estimate of drug-likeness (QED) is 0.657. The molecule has 4 rings (SSSR count). The molecule has 1 saturated carbocycles. The zero-order chi connectivity index (χ0) is 22.6. The zero-order valence-electron chi connectivity index (χ0n) is 18.2. The number of likely N-dealkylation sites (N-methyl/N-ethyl adjacent to an activating group) is 1. The van der Waals surface area contributed by atoms with Crippen LogP contribution in [0.5, 0.6) is 0 Å². The van der Waals surface area contributed by atoms with Gasteiger partial charge in [0.05, 0.1) is 23.2 Å². The Morgan fingerprint density at radius 2 is 1.94 bits per heavy atom. The van der Waals surface area contributed by atoms with Crippen molar-refractivity contribution in [2.24, 2.45) is 0 Å². The predicted octanol–water partition coefficient (Wildman–Crippen LogP) is 0.683. The second kappa shape index (κ2) is 7.61. The molecule has 1 aliphatic carbocycles. The first kappa shape index (κ1) is 21.8. The van der Waals surface area contributed by atoms with Crippen molar-refractivity contribution in [3.05, 3.63) is 17.0 Å². The summed E-state index contributed by atoms with van der Waals surface area (Å²) in [4.78, 5) is 40.4. The molecule has 3 heterocycles. The molecule has 0 bridgehead atoms. The van der Waals surface area contributed by atoms with Gasteiger partial charge in [-0.3, -0.25) is 19.2 Å². The number of urea groups is 1. The Labute approximate surface area is 181 Å². The number of carbonyl (C=O) groups is 3. The lowest BCUT2D eigenvalue weighted by molar-refractivity contribution is -0.138. The van der Waals surface area contributed by atoms with Crippen molar-refractivity contribution in [2.75, 3.05) is 25.1 Å². The van der Waals surface area contributed by atoms with Crippen LogP contribution in [0.4, 0.5) is 4.79 Å². The molecular weight excluding hydrogens is 422 g/mol. The number of aryl methyl sites for hydroxylation is 1. The van der Waals surface area contributed by atoms with Gasteiger partial charge in [0, 0.05) is 24.8 Å². The van der Waals surface area contributed by atoms with Gasteiger partial charge in [-0.25, -0.2) is 13.2 Å². The van der Waals surface area contributed by atoms with Crippen LogP contribution in [0.1, 0.15) is 55.1 Å². The average Bonchev–Trinajstić information content (AvgIpc) is 3.43. The summed E-state index contributed by atoms with van der Waals surface area (Å²) < 4.78 is 25.4. The van der Waals surface area contributed by atoms with Gasteiger partial charge >= 0.3 is 6.03 Å². The fraction of sp³-hybridized carbons (Fsp3) is 0.700. The molecule has 31 heavy (non-hydrogen) atoms. The molecule has 3 aliphatic rings. The molecule has 0 aromatic carbocycles. The summed E-state index contributed by atoms with van der Waals surface area (Å²) in [6, 6.07) is -0.691. The van der Waals surface area contributed by atoms with E-state index in [1.165, 1.54) is 4.90 Å². The van der Waals surface area contributed by atoms with E-state index in [9.17, 15) is 22.8 Å². The number of sulfone groups is 1. The number of carbonyl (C=O) groups excluding carboxylic acids is 3. The number of aromatic nitrogens is 2. The Hall–Kier alpha value is -2.43. The topological polar surface area (TPSA) is 122 Å². The van der Waals surface area contributed by atoms with Gasteiger partial charge in [-0.15, -0.1) is 0 Å². The molecule has 1 atom stereocenters. The smallest absolute Gasteiger partial charge is 0.325 e. The summed E-state index contributed by atoms with van der Waals surface area (Å²) in [6.45, 7) is 3.68. The number of amides is 4. The van der Waals surface area contributed by atoms with E-state index in [1.807, 2.05) is 13.8 Å². The van der Waals surface area contributed by atoms with Crippen molar-refractivity contribution in [1.29, 1.82) is 0 Å². The van der Waals surface area contributed by atoms with E-state index in [4.69, 9.17) is 0 Å². The average molecular weight is 452 g/mol. The maximum atomic E-state index is 12.8. The summed E-state index contributed by atoms with van der Waals surface area (Å²) in [5, 5.41) is 7.32. The molecule has 1 spiro atoms. The van der Waals surface area contributed by atoms with Gasteiger partial charge in [-0.2, -0.15) is 5.10 Å². The minimum absolute atomic E-state index is 0.0805. The van der Waals surface area contributed by atoms with E-state index < -0.39 is 21.4 Å². The molecule has 1 aromatic heterocycles. The largest absolute Gasteiger partial charge is 0.340 e. The molecule has 11 heteroatoms. The highest BCUT2D eigenvalue weighted by Gasteiger charge is 2.52. The first-order valence-electron chi connectivity index (χ1n) is 10.7. The van der Waals surface area contributed by atoms with Gasteiger partial charge in [0.2, 0.25) is 5.91 Å². The zero-order valence-corrected chi connectivity index (χ0v) is 19.0. The lowest BCUT2D eigenvalue weighted by Crippen LogP contribution is -2.45. The number of hydrogen-bond acceptors (Lipinski definition) is 6. The fourth-order valence-electron chi connectivity index (χ4n) is 4.97. The van der Waals surface area contributed by atoms with Crippen molar-refractivity contribution in [2.45, 2.75) is 64.1 Å². The van der Waals surface area contributed by atoms with Crippen LogP contribution in [-0.4, -0.2) is 76.5 Å². The highest BCUT2D eigenvalue weighted by Crippen LogP contribution is 2.35. The van der Waals surface area contributed by atoms with Crippen molar-refractivity contribution >= 4 is 27.7 Å². The lowest BCUT2D eigenvalue weighted by Gasteiger charge is -2.22. The van der Waals surface area contributed by atoms with E-state index in [1.54, 1.807) is 11.7 Å². The third-order valence-electron chi connectivity index (χ3n) is 6.85. The molecule has 4 amide bonds. The number of nitrogens with one attached hydrogen (secondary N) is 1. The number of nitrogens with zero attached hydrogens (tertiary/aromatic N) is 4. The molecular formula is C20H29N5O5S. The maximum Gasteiger partial charge on any atom is 0.325 e. The molecule has 1 N–H and O–H groups in total. The van der Waals surface area contributed by atoms with E-state index in [2.05, 4.69) is 10.4 Å². The highest BCUT2D eigenvalue weighted by molar-refractivity contribution is 7.91. The summed E-state index contributed by atoms with van der Waals surface area (Å²) in [7, 11) is -1.41. The molecule has 0 radical (unpaired) electrons. The maximum absolute atomic E-state index is 12.8. The van der Waals surface area contributed by atoms with Gasteiger partial charge in [0.25, 0.3) is 5.91 Å². The summed E-state index contributed by atoms with van der Waals surface area (Å²) >= 11 is 0. The second-order valence-corrected chi connectivity index (χ2v) is 11.2. The van der Waals surface area contributed by atoms with E-state index in [0.29, 0.717) is 19.3 Å².